The SMILES string of the molecule is CCC(C)C1=NC(S(=O)(O)=S)=NC(N)C1. The van der Waals surface area contributed by atoms with Crippen LogP contribution in [0.5, 0.6) is 0 Å². The van der Waals surface area contributed by atoms with Crippen molar-refractivity contribution in [3.63, 3.8) is 0 Å². The lowest BCUT2D eigenvalue weighted by Gasteiger charge is -2.20. The van der Waals surface area contributed by atoms with Crippen molar-refractivity contribution in [1.29, 1.82) is 0 Å². The van der Waals surface area contributed by atoms with Crippen LogP contribution in [0.4, 0.5) is 0 Å². The molecule has 5 nitrogen and oxygen atoms in total. The van der Waals surface area contributed by atoms with Gasteiger partial charge in [0.25, 0.3) is 0 Å². The first-order valence-electron chi connectivity index (χ1n) is 4.73. The summed E-state index contributed by atoms with van der Waals surface area (Å²) < 4.78 is 20.4. The van der Waals surface area contributed by atoms with Gasteiger partial charge in [-0.15, -0.1) is 0 Å². The van der Waals surface area contributed by atoms with E-state index in [0.717, 1.165) is 12.1 Å². The van der Waals surface area contributed by atoms with E-state index < -0.39 is 14.9 Å². The van der Waals surface area contributed by atoms with Gasteiger partial charge in [-0.3, -0.25) is 4.55 Å². The third-order valence-electron chi connectivity index (χ3n) is 2.35. The summed E-state index contributed by atoms with van der Waals surface area (Å²) in [6, 6.07) is 0. The fourth-order valence-corrected chi connectivity index (χ4v) is 2.01. The molecule has 0 radical (unpaired) electrons. The molecule has 3 atom stereocenters. The molecule has 0 aromatic heterocycles. The summed E-state index contributed by atoms with van der Waals surface area (Å²) in [5.74, 6) is 0.235. The van der Waals surface area contributed by atoms with Crippen molar-refractivity contribution in [3.05, 3.63) is 0 Å². The molecule has 1 aliphatic heterocycles. The number of aliphatic imine (C=N–C) groups is 2. The van der Waals surface area contributed by atoms with Crippen LogP contribution in [0.25, 0.3) is 0 Å². The van der Waals surface area contributed by atoms with Crippen molar-refractivity contribution in [2.75, 3.05) is 0 Å². The van der Waals surface area contributed by atoms with Crippen LogP contribution in [0.1, 0.15) is 26.7 Å². The van der Waals surface area contributed by atoms with Crippen LogP contribution in [-0.2, 0) is 20.0 Å². The van der Waals surface area contributed by atoms with Crippen LogP contribution >= 0.6 is 0 Å². The Balaban J connectivity index is 3.05. The van der Waals surface area contributed by atoms with E-state index >= 15 is 0 Å². The lowest BCUT2D eigenvalue weighted by atomic mass is 9.98. The Hall–Kier alpha value is -0.370. The zero-order chi connectivity index (χ0) is 11.6. The molecule has 1 heterocycles. The van der Waals surface area contributed by atoms with E-state index in [0.29, 0.717) is 6.42 Å². The summed E-state index contributed by atoms with van der Waals surface area (Å²) in [5.41, 5.74) is 6.46. The number of rotatable bonds is 2. The Bertz CT molecular complexity index is 400. The first kappa shape index (κ1) is 12.7. The Morgan fingerprint density at radius 3 is 2.87 bits per heavy atom. The summed E-state index contributed by atoms with van der Waals surface area (Å²) in [5, 5.41) is -0.202. The molecule has 0 aliphatic carbocycles. The van der Waals surface area contributed by atoms with Crippen molar-refractivity contribution in [3.8, 4) is 0 Å². The second-order valence-electron chi connectivity index (χ2n) is 3.57. The largest absolute Gasteiger partial charge is 0.309 e. The number of nitrogens with two attached hydrogens (primary N) is 1. The van der Waals surface area contributed by atoms with Crippen molar-refractivity contribution in [2.24, 2.45) is 21.6 Å². The second kappa shape index (κ2) is 4.65. The predicted molar refractivity (Wildman–Crippen MR) is 65.1 cm³/mol. The van der Waals surface area contributed by atoms with E-state index in [1.165, 1.54) is 0 Å². The Labute approximate surface area is 94.4 Å². The molecule has 0 spiro atoms. The highest BCUT2D eigenvalue weighted by molar-refractivity contribution is 8.38. The first-order chi connectivity index (χ1) is 6.84. The molecule has 3 unspecified atom stereocenters. The zero-order valence-electron chi connectivity index (χ0n) is 8.71. The highest BCUT2D eigenvalue weighted by Crippen LogP contribution is 2.15. The predicted octanol–water partition coefficient (Wildman–Crippen LogP) is 0.737. The number of amidine groups is 1. The minimum Gasteiger partial charge on any atom is -0.309 e. The summed E-state index contributed by atoms with van der Waals surface area (Å²) >= 11 is 4.42. The van der Waals surface area contributed by atoms with Crippen LogP contribution in [-0.4, -0.2) is 25.8 Å². The number of hydrogen-bond donors (Lipinski definition) is 2. The number of nitrogens with zero attached hydrogens (tertiary/aromatic N) is 2. The number of hydrogen-bond acceptors (Lipinski definition) is 5. The summed E-state index contributed by atoms with van der Waals surface area (Å²) in [6.07, 6.45) is 0.934. The maximum atomic E-state index is 11.2. The molecular formula is C8H15N3O2S2. The van der Waals surface area contributed by atoms with Gasteiger partial charge in [-0.1, -0.05) is 13.8 Å². The maximum absolute atomic E-state index is 11.2. The third-order valence-corrected chi connectivity index (χ3v) is 3.45. The van der Waals surface area contributed by atoms with Gasteiger partial charge >= 0.3 is 0 Å². The van der Waals surface area contributed by atoms with Crippen molar-refractivity contribution in [2.45, 2.75) is 32.9 Å². The Morgan fingerprint density at radius 1 is 1.80 bits per heavy atom. The van der Waals surface area contributed by atoms with Gasteiger partial charge in [0.05, 0.1) is 0 Å². The van der Waals surface area contributed by atoms with Gasteiger partial charge in [0, 0.05) is 23.3 Å². The van der Waals surface area contributed by atoms with Gasteiger partial charge < -0.3 is 5.73 Å². The van der Waals surface area contributed by atoms with E-state index in [4.69, 9.17) is 5.73 Å². The average molecular weight is 249 g/mol. The summed E-state index contributed by atoms with van der Waals surface area (Å²) in [4.78, 5) is 7.83. The van der Waals surface area contributed by atoms with Crippen LogP contribution < -0.4 is 5.73 Å². The molecule has 0 amide bonds. The highest BCUT2D eigenvalue weighted by Gasteiger charge is 2.23. The summed E-state index contributed by atoms with van der Waals surface area (Å²) in [6.45, 7) is 4.02. The molecule has 0 saturated heterocycles. The molecule has 1 rings (SSSR count). The monoisotopic (exact) mass is 249 g/mol. The maximum Gasteiger partial charge on any atom is 0.243 e. The normalized spacial score (nSPS) is 27.6. The lowest BCUT2D eigenvalue weighted by Crippen LogP contribution is -2.32. The molecule has 0 saturated carbocycles. The van der Waals surface area contributed by atoms with Crippen LogP contribution in [0.15, 0.2) is 9.98 Å². The van der Waals surface area contributed by atoms with Gasteiger partial charge in [0.1, 0.15) is 6.17 Å². The Morgan fingerprint density at radius 2 is 2.40 bits per heavy atom. The molecule has 0 aromatic carbocycles. The molecule has 3 N–H and O–H groups in total. The third kappa shape index (κ3) is 3.30. The van der Waals surface area contributed by atoms with E-state index in [1.54, 1.807) is 0 Å². The zero-order valence-corrected chi connectivity index (χ0v) is 10.3. The minimum absolute atomic E-state index is 0.202. The quantitative estimate of drug-likeness (QED) is 0.755. The first-order valence-corrected chi connectivity index (χ1v) is 7.17. The van der Waals surface area contributed by atoms with Gasteiger partial charge in [-0.25, -0.2) is 14.2 Å². The topological polar surface area (TPSA) is 88.0 Å². The Kier molecular flexibility index (Phi) is 3.93. The van der Waals surface area contributed by atoms with Crippen LogP contribution in [0.2, 0.25) is 0 Å². The van der Waals surface area contributed by atoms with Gasteiger partial charge in [-0.2, -0.15) is 0 Å². The molecule has 0 bridgehead atoms. The van der Waals surface area contributed by atoms with Gasteiger partial charge in [0.15, 0.2) is 0 Å². The molecule has 0 aromatic rings. The van der Waals surface area contributed by atoms with Crippen molar-refractivity contribution in [1.82, 2.24) is 0 Å². The molecule has 7 heteroatoms. The smallest absolute Gasteiger partial charge is 0.243 e. The minimum atomic E-state index is -3.52. The highest BCUT2D eigenvalue weighted by atomic mass is 32.8. The van der Waals surface area contributed by atoms with Crippen molar-refractivity contribution >= 4 is 30.8 Å². The molecule has 86 valence electrons. The van der Waals surface area contributed by atoms with E-state index in [9.17, 15) is 8.76 Å². The van der Waals surface area contributed by atoms with Crippen LogP contribution in [0, 0.1) is 5.92 Å². The van der Waals surface area contributed by atoms with Gasteiger partial charge in [-0.05, 0) is 12.3 Å². The summed E-state index contributed by atoms with van der Waals surface area (Å²) in [7, 11) is -3.52. The molecule has 0 fully saturated rings. The fraction of sp³-hybridized carbons (Fsp3) is 0.750. The second-order valence-corrected chi connectivity index (χ2v) is 6.24. The molecule has 1 aliphatic rings. The lowest BCUT2D eigenvalue weighted by molar-refractivity contribution is 0.572. The van der Waals surface area contributed by atoms with Crippen LogP contribution in [0.3, 0.4) is 0 Å². The molecule has 15 heavy (non-hydrogen) atoms. The average Bonchev–Trinajstić information content (AvgIpc) is 2.14. The van der Waals surface area contributed by atoms with E-state index in [1.807, 2.05) is 13.8 Å². The standard InChI is InChI=1S/C8H15N3O2S2/c1-3-5(2)6-4-7(9)11-8(10-6)15(12,13)14/h5,7H,3-4,9H2,1-2H3,(H,12,13,14). The van der Waals surface area contributed by atoms with E-state index in [2.05, 4.69) is 21.2 Å². The van der Waals surface area contributed by atoms with E-state index in [-0.39, 0.29) is 11.1 Å². The van der Waals surface area contributed by atoms with Gasteiger partial charge in [0.2, 0.25) is 13.9 Å². The fourth-order valence-electron chi connectivity index (χ4n) is 1.27. The van der Waals surface area contributed by atoms with Crippen molar-refractivity contribution < 1.29 is 8.76 Å². The molecular weight excluding hydrogens is 234 g/mol.